The Morgan fingerprint density at radius 1 is 1.58 bits per heavy atom. The molecule has 0 aliphatic carbocycles. The lowest BCUT2D eigenvalue weighted by Crippen LogP contribution is -2.26. The zero-order valence-corrected chi connectivity index (χ0v) is 11.1. The number of ether oxygens (including phenoxy) is 1. The molecule has 0 aromatic heterocycles. The van der Waals surface area contributed by atoms with Crippen LogP contribution in [0, 0.1) is 23.1 Å². The van der Waals surface area contributed by atoms with Crippen molar-refractivity contribution in [2.24, 2.45) is 5.92 Å². The van der Waals surface area contributed by atoms with E-state index in [0.717, 1.165) is 6.07 Å². The molecule has 4 nitrogen and oxygen atoms in total. The minimum Gasteiger partial charge on any atom is -0.384 e. The number of amides is 1. The first-order valence-corrected chi connectivity index (χ1v) is 6.01. The van der Waals surface area contributed by atoms with E-state index in [-0.39, 0.29) is 23.9 Å². The number of methoxy groups -OCH3 is 1. The Kier molecular flexibility index (Phi) is 5.97. The Balaban J connectivity index is 2.49. The zero-order valence-electron chi connectivity index (χ0n) is 11.1. The van der Waals surface area contributed by atoms with Crippen LogP contribution in [0.1, 0.15) is 24.5 Å². The van der Waals surface area contributed by atoms with Gasteiger partial charge in [0.05, 0.1) is 11.6 Å². The molecule has 1 unspecified atom stereocenters. The lowest BCUT2D eigenvalue weighted by molar-refractivity contribution is -0.122. The summed E-state index contributed by atoms with van der Waals surface area (Å²) in [4.78, 5) is 11.6. The van der Waals surface area contributed by atoms with Crippen molar-refractivity contribution in [3.8, 4) is 6.07 Å². The first kappa shape index (κ1) is 15.1. The van der Waals surface area contributed by atoms with Crippen molar-refractivity contribution in [1.82, 2.24) is 5.32 Å². The predicted octanol–water partition coefficient (Wildman–Crippen LogP) is 1.99. The van der Waals surface area contributed by atoms with Gasteiger partial charge in [0.2, 0.25) is 5.91 Å². The molecule has 5 heteroatoms. The van der Waals surface area contributed by atoms with E-state index in [4.69, 9.17) is 10.00 Å². The van der Waals surface area contributed by atoms with Crippen LogP contribution in [-0.2, 0) is 16.1 Å². The second-order valence-electron chi connectivity index (χ2n) is 4.46. The first-order valence-electron chi connectivity index (χ1n) is 6.01. The lowest BCUT2D eigenvalue weighted by atomic mass is 10.1. The summed E-state index contributed by atoms with van der Waals surface area (Å²) in [6.45, 7) is 2.54. The van der Waals surface area contributed by atoms with Crippen LogP contribution < -0.4 is 5.32 Å². The summed E-state index contributed by atoms with van der Waals surface area (Å²) >= 11 is 0. The van der Waals surface area contributed by atoms with E-state index in [1.54, 1.807) is 7.11 Å². The van der Waals surface area contributed by atoms with Crippen LogP contribution in [0.3, 0.4) is 0 Å². The number of carbonyl (C=O) groups excluding carboxylic acids is 1. The molecule has 1 N–H and O–H groups in total. The minimum absolute atomic E-state index is 0.121. The number of rotatable bonds is 6. The summed E-state index contributed by atoms with van der Waals surface area (Å²) < 4.78 is 18.5. The highest BCUT2D eigenvalue weighted by atomic mass is 19.1. The van der Waals surface area contributed by atoms with Crippen molar-refractivity contribution >= 4 is 5.91 Å². The summed E-state index contributed by atoms with van der Waals surface area (Å²) in [5.41, 5.74) is 0.632. The van der Waals surface area contributed by atoms with Crippen molar-refractivity contribution in [1.29, 1.82) is 5.26 Å². The van der Waals surface area contributed by atoms with Crippen molar-refractivity contribution in [2.75, 3.05) is 13.7 Å². The number of nitriles is 1. The van der Waals surface area contributed by atoms with E-state index < -0.39 is 5.82 Å². The summed E-state index contributed by atoms with van der Waals surface area (Å²) in [5, 5.41) is 11.3. The molecule has 0 aliphatic heterocycles. The fraction of sp³-hybridized carbons (Fsp3) is 0.429. The van der Waals surface area contributed by atoms with Gasteiger partial charge in [-0.05, 0) is 18.1 Å². The Morgan fingerprint density at radius 3 is 2.89 bits per heavy atom. The van der Waals surface area contributed by atoms with Gasteiger partial charge in [-0.1, -0.05) is 13.0 Å². The van der Waals surface area contributed by atoms with Crippen molar-refractivity contribution in [3.05, 3.63) is 35.1 Å². The van der Waals surface area contributed by atoms with Gasteiger partial charge in [0, 0.05) is 32.2 Å². The summed E-state index contributed by atoms with van der Waals surface area (Å²) in [6, 6.07) is 6.05. The molecule has 0 spiro atoms. The number of halogens is 1. The van der Waals surface area contributed by atoms with Crippen molar-refractivity contribution in [3.63, 3.8) is 0 Å². The maximum Gasteiger partial charge on any atom is 0.220 e. The molecule has 0 saturated carbocycles. The van der Waals surface area contributed by atoms with E-state index in [1.807, 2.05) is 13.0 Å². The number of benzene rings is 1. The van der Waals surface area contributed by atoms with Crippen LogP contribution in [-0.4, -0.2) is 19.6 Å². The molecule has 0 heterocycles. The van der Waals surface area contributed by atoms with Crippen LogP contribution in [0.4, 0.5) is 4.39 Å². The molecule has 0 radical (unpaired) electrons. The SMILES string of the molecule is COCC(C)CC(=O)NCc1ccc(C#N)cc1F. The van der Waals surface area contributed by atoms with Gasteiger partial charge < -0.3 is 10.1 Å². The molecule has 1 aromatic carbocycles. The number of hydrogen-bond donors (Lipinski definition) is 1. The quantitative estimate of drug-likeness (QED) is 0.854. The summed E-state index contributed by atoms with van der Waals surface area (Å²) in [6.07, 6.45) is 0.339. The molecular weight excluding hydrogens is 247 g/mol. The van der Waals surface area contributed by atoms with Crippen LogP contribution >= 0.6 is 0 Å². The van der Waals surface area contributed by atoms with E-state index >= 15 is 0 Å². The molecule has 1 amide bonds. The van der Waals surface area contributed by atoms with E-state index in [9.17, 15) is 9.18 Å². The summed E-state index contributed by atoms with van der Waals surface area (Å²) in [7, 11) is 1.58. The Bertz CT molecular complexity index is 483. The maximum atomic E-state index is 13.5. The third-order valence-electron chi connectivity index (χ3n) is 2.64. The van der Waals surface area contributed by atoms with E-state index in [1.165, 1.54) is 12.1 Å². The lowest BCUT2D eigenvalue weighted by Gasteiger charge is -2.11. The van der Waals surface area contributed by atoms with Gasteiger partial charge in [0.1, 0.15) is 5.82 Å². The van der Waals surface area contributed by atoms with Gasteiger partial charge in [-0.2, -0.15) is 5.26 Å². The molecule has 0 bridgehead atoms. The minimum atomic E-state index is -0.482. The average Bonchev–Trinajstić information content (AvgIpc) is 2.37. The molecule has 102 valence electrons. The topological polar surface area (TPSA) is 62.1 Å². The largest absolute Gasteiger partial charge is 0.384 e. The van der Waals surface area contributed by atoms with Gasteiger partial charge in [-0.3, -0.25) is 4.79 Å². The van der Waals surface area contributed by atoms with Crippen molar-refractivity contribution in [2.45, 2.75) is 19.9 Å². The molecule has 1 atom stereocenters. The van der Waals surface area contributed by atoms with Gasteiger partial charge >= 0.3 is 0 Å². The first-order chi connectivity index (χ1) is 9.06. The Morgan fingerprint density at radius 2 is 2.32 bits per heavy atom. The van der Waals surface area contributed by atoms with Crippen molar-refractivity contribution < 1.29 is 13.9 Å². The van der Waals surface area contributed by atoms with Gasteiger partial charge in [-0.15, -0.1) is 0 Å². The molecule has 0 aliphatic rings. The fourth-order valence-corrected chi connectivity index (χ4v) is 1.69. The zero-order chi connectivity index (χ0) is 14.3. The van der Waals surface area contributed by atoms with E-state index in [2.05, 4.69) is 5.32 Å². The number of hydrogen-bond acceptors (Lipinski definition) is 3. The number of carbonyl (C=O) groups is 1. The highest BCUT2D eigenvalue weighted by Gasteiger charge is 2.10. The van der Waals surface area contributed by atoms with E-state index in [0.29, 0.717) is 18.6 Å². The normalized spacial score (nSPS) is 11.7. The molecule has 1 rings (SSSR count). The molecular formula is C14H17FN2O2. The molecule has 0 fully saturated rings. The maximum absolute atomic E-state index is 13.5. The van der Waals surface area contributed by atoms with Gasteiger partial charge in [-0.25, -0.2) is 4.39 Å². The monoisotopic (exact) mass is 264 g/mol. The number of nitrogens with one attached hydrogen (secondary N) is 1. The second-order valence-corrected chi connectivity index (χ2v) is 4.46. The highest BCUT2D eigenvalue weighted by molar-refractivity contribution is 5.76. The van der Waals surface area contributed by atoms with Crippen LogP contribution in [0.15, 0.2) is 18.2 Å². The third kappa shape index (κ3) is 5.06. The molecule has 0 saturated heterocycles. The fourth-order valence-electron chi connectivity index (χ4n) is 1.69. The number of nitrogens with zero attached hydrogens (tertiary/aromatic N) is 1. The third-order valence-corrected chi connectivity index (χ3v) is 2.64. The smallest absolute Gasteiger partial charge is 0.220 e. The molecule has 1 aromatic rings. The van der Waals surface area contributed by atoms with Gasteiger partial charge in [0.25, 0.3) is 0 Å². The highest BCUT2D eigenvalue weighted by Crippen LogP contribution is 2.10. The summed E-state index contributed by atoms with van der Waals surface area (Å²) in [5.74, 6) is -0.506. The van der Waals surface area contributed by atoms with Crippen LogP contribution in [0.25, 0.3) is 0 Å². The standard InChI is InChI=1S/C14H17FN2O2/c1-10(9-19-2)5-14(18)17-8-12-4-3-11(7-16)6-13(12)15/h3-4,6,10H,5,8-9H2,1-2H3,(H,17,18). The predicted molar refractivity (Wildman–Crippen MR) is 68.6 cm³/mol. The Labute approximate surface area is 112 Å². The van der Waals surface area contributed by atoms with Crippen LogP contribution in [0.2, 0.25) is 0 Å². The van der Waals surface area contributed by atoms with Crippen LogP contribution in [0.5, 0.6) is 0 Å². The molecule has 19 heavy (non-hydrogen) atoms. The average molecular weight is 264 g/mol. The second kappa shape index (κ2) is 7.49. The Hall–Kier alpha value is -1.93. The van der Waals surface area contributed by atoms with Gasteiger partial charge in [0.15, 0.2) is 0 Å².